The molecule has 0 saturated carbocycles. The minimum Gasteiger partial charge on any atom is -0.369 e. The topological polar surface area (TPSA) is 42.1 Å². The zero-order valence-corrected chi connectivity index (χ0v) is 23.7. The van der Waals surface area contributed by atoms with E-state index in [2.05, 4.69) is 69.2 Å². The molecule has 1 aromatic carbocycles. The number of hydrogen-bond donors (Lipinski definition) is 1. The summed E-state index contributed by atoms with van der Waals surface area (Å²) in [5.41, 5.74) is 3.55. The number of piperazine rings is 1. The van der Waals surface area contributed by atoms with Gasteiger partial charge in [-0.05, 0) is 108 Å². The van der Waals surface area contributed by atoms with Gasteiger partial charge in [0.2, 0.25) is 0 Å². The summed E-state index contributed by atoms with van der Waals surface area (Å²) in [4.78, 5) is 25.1. The van der Waals surface area contributed by atoms with Crippen molar-refractivity contribution in [3.8, 4) is 10.4 Å². The molecular formula is C30H45N5OS. The fourth-order valence-electron chi connectivity index (χ4n) is 6.13. The zero-order valence-electron chi connectivity index (χ0n) is 22.9. The lowest BCUT2D eigenvalue weighted by molar-refractivity contribution is 0.0904. The van der Waals surface area contributed by atoms with Crippen LogP contribution in [0.4, 0.5) is 5.69 Å². The van der Waals surface area contributed by atoms with Crippen LogP contribution >= 0.6 is 11.3 Å². The summed E-state index contributed by atoms with van der Waals surface area (Å²) in [5, 5.41) is 3.19. The van der Waals surface area contributed by atoms with Crippen LogP contribution in [0.25, 0.3) is 10.4 Å². The first-order valence-corrected chi connectivity index (χ1v) is 15.3. The summed E-state index contributed by atoms with van der Waals surface area (Å²) in [6.45, 7) is 13.3. The summed E-state index contributed by atoms with van der Waals surface area (Å²) >= 11 is 1.61. The minimum absolute atomic E-state index is 0.0756. The fraction of sp³-hybridized carbons (Fsp3) is 0.633. The number of amides is 1. The van der Waals surface area contributed by atoms with Crippen LogP contribution in [0.1, 0.15) is 53.8 Å². The maximum absolute atomic E-state index is 12.9. The van der Waals surface area contributed by atoms with Crippen molar-refractivity contribution in [2.75, 3.05) is 77.4 Å². The van der Waals surface area contributed by atoms with Crippen molar-refractivity contribution in [1.29, 1.82) is 0 Å². The Kier molecular flexibility index (Phi) is 9.19. The van der Waals surface area contributed by atoms with Gasteiger partial charge in [0.05, 0.1) is 4.88 Å². The highest BCUT2D eigenvalue weighted by atomic mass is 32.1. The molecule has 0 spiro atoms. The Morgan fingerprint density at radius 1 is 0.946 bits per heavy atom. The lowest BCUT2D eigenvalue weighted by Gasteiger charge is -2.40. The summed E-state index contributed by atoms with van der Waals surface area (Å²) in [5.74, 6) is 0.0756. The second-order valence-electron chi connectivity index (χ2n) is 11.2. The Morgan fingerprint density at radius 3 is 2.35 bits per heavy atom. The molecule has 0 atom stereocenters. The molecule has 0 bridgehead atoms. The molecule has 3 aliphatic heterocycles. The Labute approximate surface area is 227 Å². The number of hydrogen-bond acceptors (Lipinski definition) is 6. The number of likely N-dealkylation sites (tertiary alicyclic amines) is 2. The number of carbonyl (C=O) groups excluding carboxylic acids is 1. The van der Waals surface area contributed by atoms with Gasteiger partial charge in [0.1, 0.15) is 0 Å². The summed E-state index contributed by atoms with van der Waals surface area (Å²) in [7, 11) is 2.19. The highest BCUT2D eigenvalue weighted by Gasteiger charge is 2.25. The highest BCUT2D eigenvalue weighted by Crippen LogP contribution is 2.32. The van der Waals surface area contributed by atoms with Crippen LogP contribution in [-0.4, -0.2) is 99.1 Å². The van der Waals surface area contributed by atoms with Crippen LogP contribution in [0.2, 0.25) is 0 Å². The largest absolute Gasteiger partial charge is 0.369 e. The van der Waals surface area contributed by atoms with Gasteiger partial charge in [-0.15, -0.1) is 11.3 Å². The van der Waals surface area contributed by atoms with Crippen LogP contribution in [0.15, 0.2) is 30.3 Å². The fourth-order valence-corrected chi connectivity index (χ4v) is 7.22. The maximum Gasteiger partial charge on any atom is 0.261 e. The van der Waals surface area contributed by atoms with Gasteiger partial charge in [-0.2, -0.15) is 0 Å². The normalized spacial score (nSPS) is 20.9. The molecule has 0 radical (unpaired) electrons. The van der Waals surface area contributed by atoms with Crippen molar-refractivity contribution in [2.45, 2.75) is 51.5 Å². The van der Waals surface area contributed by atoms with E-state index in [1.807, 2.05) is 0 Å². The van der Waals surface area contributed by atoms with Gasteiger partial charge in [-0.3, -0.25) is 4.79 Å². The van der Waals surface area contributed by atoms with Crippen molar-refractivity contribution in [1.82, 2.24) is 20.0 Å². The monoisotopic (exact) mass is 523 g/mol. The van der Waals surface area contributed by atoms with E-state index in [1.54, 1.807) is 11.3 Å². The molecule has 3 aliphatic rings. The third-order valence-electron chi connectivity index (χ3n) is 8.55. The lowest BCUT2D eigenvalue weighted by atomic mass is 10.00. The first kappa shape index (κ1) is 26.7. The Bertz CT molecular complexity index is 999. The second-order valence-corrected chi connectivity index (χ2v) is 12.3. The molecule has 1 N–H and O–H groups in total. The molecule has 1 amide bonds. The number of aryl methyl sites for hydroxylation is 1. The molecule has 37 heavy (non-hydrogen) atoms. The minimum atomic E-state index is 0.0756. The first-order valence-electron chi connectivity index (χ1n) is 14.5. The van der Waals surface area contributed by atoms with Crippen LogP contribution < -0.4 is 10.2 Å². The number of benzene rings is 1. The number of thiophene rings is 1. The van der Waals surface area contributed by atoms with Gasteiger partial charge in [-0.1, -0.05) is 18.6 Å². The summed E-state index contributed by atoms with van der Waals surface area (Å²) in [6, 6.07) is 11.8. The quantitative estimate of drug-likeness (QED) is 0.515. The molecule has 202 valence electrons. The molecule has 5 rings (SSSR count). The average Bonchev–Trinajstić information content (AvgIpc) is 3.34. The molecular weight excluding hydrogens is 478 g/mol. The summed E-state index contributed by atoms with van der Waals surface area (Å²) in [6.07, 6.45) is 7.81. The number of likely N-dealkylation sites (N-methyl/N-ethyl adjacent to an activating group) is 1. The molecule has 3 saturated heterocycles. The van der Waals surface area contributed by atoms with Gasteiger partial charge in [0.15, 0.2) is 0 Å². The summed E-state index contributed by atoms with van der Waals surface area (Å²) < 4.78 is 0. The van der Waals surface area contributed by atoms with Crippen molar-refractivity contribution in [2.24, 2.45) is 0 Å². The number of nitrogens with zero attached hydrogens (tertiary/aromatic N) is 4. The van der Waals surface area contributed by atoms with Crippen molar-refractivity contribution in [3.63, 3.8) is 0 Å². The predicted octanol–water partition coefficient (Wildman–Crippen LogP) is 4.55. The first-order chi connectivity index (χ1) is 18.1. The van der Waals surface area contributed by atoms with E-state index in [0.717, 1.165) is 62.2 Å². The maximum atomic E-state index is 12.9. The van der Waals surface area contributed by atoms with E-state index >= 15 is 0 Å². The van der Waals surface area contributed by atoms with Gasteiger partial charge < -0.3 is 24.9 Å². The Balaban J connectivity index is 1.05. The molecule has 0 aliphatic carbocycles. The van der Waals surface area contributed by atoms with Crippen molar-refractivity contribution >= 4 is 22.9 Å². The standard InChI is InChI=1S/C30H45N5OS/c1-24-23-28(25-7-9-26(10-8-25)35-21-19-32(2)20-22-35)37-29(24)30(36)31-13-6-14-33-17-11-27(12-18-33)34-15-4-3-5-16-34/h7-10,23,27H,3-6,11-22H2,1-2H3,(H,31,36). The van der Waals surface area contributed by atoms with E-state index in [9.17, 15) is 4.79 Å². The zero-order chi connectivity index (χ0) is 25.6. The highest BCUT2D eigenvalue weighted by molar-refractivity contribution is 7.17. The van der Waals surface area contributed by atoms with E-state index in [4.69, 9.17) is 0 Å². The second kappa shape index (κ2) is 12.7. The van der Waals surface area contributed by atoms with Gasteiger partial charge in [0.25, 0.3) is 5.91 Å². The molecule has 1 aromatic heterocycles. The predicted molar refractivity (Wildman–Crippen MR) is 156 cm³/mol. The Hall–Kier alpha value is -1.93. The number of nitrogens with one attached hydrogen (secondary N) is 1. The lowest BCUT2D eigenvalue weighted by Crippen LogP contribution is -2.47. The number of piperidine rings is 2. The number of carbonyl (C=O) groups is 1. The van der Waals surface area contributed by atoms with Crippen molar-refractivity contribution in [3.05, 3.63) is 40.8 Å². The number of rotatable bonds is 8. The molecule has 2 aromatic rings. The SMILES string of the molecule is Cc1cc(-c2ccc(N3CCN(C)CC3)cc2)sc1C(=O)NCCCN1CCC(N2CCCCC2)CC1. The van der Waals surface area contributed by atoms with E-state index in [0.29, 0.717) is 0 Å². The molecule has 4 heterocycles. The van der Waals surface area contributed by atoms with Crippen molar-refractivity contribution < 1.29 is 4.79 Å². The Morgan fingerprint density at radius 2 is 1.65 bits per heavy atom. The van der Waals surface area contributed by atoms with Gasteiger partial charge >= 0.3 is 0 Å². The third kappa shape index (κ3) is 6.94. The van der Waals surface area contributed by atoms with E-state index in [-0.39, 0.29) is 5.91 Å². The average molecular weight is 524 g/mol. The molecule has 6 nitrogen and oxygen atoms in total. The van der Waals surface area contributed by atoms with Gasteiger partial charge in [0, 0.05) is 49.3 Å². The molecule has 0 unspecified atom stereocenters. The van der Waals surface area contributed by atoms with Crippen LogP contribution in [0.5, 0.6) is 0 Å². The number of anilines is 1. The van der Waals surface area contributed by atoms with Crippen LogP contribution in [0, 0.1) is 6.92 Å². The third-order valence-corrected chi connectivity index (χ3v) is 9.83. The molecule has 7 heteroatoms. The van der Waals surface area contributed by atoms with Crippen LogP contribution in [-0.2, 0) is 0 Å². The van der Waals surface area contributed by atoms with E-state index in [1.165, 1.54) is 74.4 Å². The molecule has 3 fully saturated rings. The van der Waals surface area contributed by atoms with E-state index < -0.39 is 0 Å². The smallest absolute Gasteiger partial charge is 0.261 e. The van der Waals surface area contributed by atoms with Crippen LogP contribution in [0.3, 0.4) is 0 Å². The van der Waals surface area contributed by atoms with Gasteiger partial charge in [-0.25, -0.2) is 0 Å².